The molecule has 1 aromatic carbocycles. The molecule has 1 atom stereocenters. The first-order valence-corrected chi connectivity index (χ1v) is 8.02. The average molecular weight is 298 g/mol. The first kappa shape index (κ1) is 16.7. The minimum Gasteiger partial charge on any atom is -0.396 e. The summed E-state index contributed by atoms with van der Waals surface area (Å²) in [6.45, 7) is 6.98. The fourth-order valence-corrected chi connectivity index (χ4v) is 2.51. The molecule has 2 rings (SSSR count). The number of pyridine rings is 1. The average Bonchev–Trinajstić information content (AvgIpc) is 2.56. The minimum atomic E-state index is 0.216. The Bertz CT molecular complexity index is 539. The maximum atomic E-state index is 9.34. The number of rotatable bonds is 8. The van der Waals surface area contributed by atoms with Crippen LogP contribution in [0.15, 0.2) is 48.7 Å². The van der Waals surface area contributed by atoms with Gasteiger partial charge in [0, 0.05) is 32.4 Å². The molecule has 0 aliphatic rings. The van der Waals surface area contributed by atoms with Gasteiger partial charge in [-0.05, 0) is 29.5 Å². The van der Waals surface area contributed by atoms with Crippen LogP contribution < -0.4 is 0 Å². The van der Waals surface area contributed by atoms with Crippen molar-refractivity contribution in [1.29, 1.82) is 0 Å². The number of aromatic nitrogens is 1. The molecule has 1 N–H and O–H groups in total. The van der Waals surface area contributed by atoms with E-state index in [-0.39, 0.29) is 12.5 Å². The summed E-state index contributed by atoms with van der Waals surface area (Å²) < 4.78 is 0. The number of nitrogens with zero attached hydrogens (tertiary/aromatic N) is 2. The maximum Gasteiger partial charge on any atom is 0.0544 e. The van der Waals surface area contributed by atoms with Crippen LogP contribution in [0.2, 0.25) is 0 Å². The van der Waals surface area contributed by atoms with Crippen LogP contribution in [-0.4, -0.2) is 28.1 Å². The summed E-state index contributed by atoms with van der Waals surface area (Å²) in [5.41, 5.74) is 3.64. The van der Waals surface area contributed by atoms with Crippen LogP contribution in [0.1, 0.15) is 30.7 Å². The van der Waals surface area contributed by atoms with Crippen LogP contribution in [0.3, 0.4) is 0 Å². The highest BCUT2D eigenvalue weighted by Gasteiger charge is 2.12. The second kappa shape index (κ2) is 8.66. The molecule has 0 aliphatic carbocycles. The van der Waals surface area contributed by atoms with Gasteiger partial charge in [0.1, 0.15) is 0 Å². The molecule has 0 aliphatic heterocycles. The van der Waals surface area contributed by atoms with Gasteiger partial charge in [0.05, 0.1) is 5.69 Å². The van der Waals surface area contributed by atoms with E-state index < -0.39 is 0 Å². The van der Waals surface area contributed by atoms with E-state index in [2.05, 4.69) is 60.1 Å². The van der Waals surface area contributed by atoms with Crippen molar-refractivity contribution < 1.29 is 5.11 Å². The molecule has 0 fully saturated rings. The van der Waals surface area contributed by atoms with Crippen molar-refractivity contribution in [2.24, 2.45) is 5.92 Å². The quantitative estimate of drug-likeness (QED) is 0.812. The molecule has 0 bridgehead atoms. The van der Waals surface area contributed by atoms with Crippen LogP contribution >= 0.6 is 0 Å². The molecule has 3 heteroatoms. The Morgan fingerprint density at radius 1 is 1.05 bits per heavy atom. The number of hydrogen-bond donors (Lipinski definition) is 1. The lowest BCUT2D eigenvalue weighted by molar-refractivity contribution is 0.162. The second-order valence-corrected chi connectivity index (χ2v) is 5.95. The van der Waals surface area contributed by atoms with Gasteiger partial charge < -0.3 is 5.11 Å². The largest absolute Gasteiger partial charge is 0.396 e. The number of aliphatic hydroxyl groups excluding tert-OH is 1. The van der Waals surface area contributed by atoms with E-state index in [0.29, 0.717) is 0 Å². The molecule has 3 nitrogen and oxygen atoms in total. The molecule has 2 aromatic rings. The molecule has 0 radical (unpaired) electrons. The fraction of sp³-hybridized carbons (Fsp3) is 0.421. The molecule has 0 saturated carbocycles. The van der Waals surface area contributed by atoms with Gasteiger partial charge in [-0.25, -0.2) is 0 Å². The number of aryl methyl sites for hydroxylation is 1. The SMILES string of the molecule is CCc1ccc(CN(Cc2ccccc2)C[C@H](C)CO)nc1. The highest BCUT2D eigenvalue weighted by atomic mass is 16.3. The van der Waals surface area contributed by atoms with Crippen molar-refractivity contribution in [2.75, 3.05) is 13.2 Å². The summed E-state index contributed by atoms with van der Waals surface area (Å²) in [6, 6.07) is 14.7. The van der Waals surface area contributed by atoms with Gasteiger partial charge in [-0.2, -0.15) is 0 Å². The van der Waals surface area contributed by atoms with Gasteiger partial charge >= 0.3 is 0 Å². The summed E-state index contributed by atoms with van der Waals surface area (Å²) in [5, 5.41) is 9.34. The monoisotopic (exact) mass is 298 g/mol. The normalized spacial score (nSPS) is 12.5. The molecule has 1 heterocycles. The van der Waals surface area contributed by atoms with Gasteiger partial charge in [-0.15, -0.1) is 0 Å². The molecule has 0 saturated heterocycles. The standard InChI is InChI=1S/C19H26N2O/c1-3-17-9-10-19(20-11-17)14-21(12-16(2)15-22)13-18-7-5-4-6-8-18/h4-11,16,22H,3,12-15H2,1-2H3/t16-/m0/s1. The van der Waals surface area contributed by atoms with Gasteiger partial charge in [0.25, 0.3) is 0 Å². The topological polar surface area (TPSA) is 36.4 Å². The van der Waals surface area contributed by atoms with Crippen molar-refractivity contribution in [3.8, 4) is 0 Å². The Morgan fingerprint density at radius 2 is 1.82 bits per heavy atom. The van der Waals surface area contributed by atoms with Crippen molar-refractivity contribution in [3.05, 3.63) is 65.5 Å². The predicted octanol–water partition coefficient (Wildman–Crippen LogP) is 3.27. The lowest BCUT2D eigenvalue weighted by Gasteiger charge is -2.25. The van der Waals surface area contributed by atoms with Gasteiger partial charge in [-0.3, -0.25) is 9.88 Å². The van der Waals surface area contributed by atoms with Crippen LogP contribution in [0, 0.1) is 5.92 Å². The Morgan fingerprint density at radius 3 is 2.41 bits per heavy atom. The molecule has 0 spiro atoms. The lowest BCUT2D eigenvalue weighted by atomic mass is 10.1. The van der Waals surface area contributed by atoms with E-state index in [0.717, 1.165) is 31.7 Å². The van der Waals surface area contributed by atoms with Crippen LogP contribution in [0.25, 0.3) is 0 Å². The first-order valence-electron chi connectivity index (χ1n) is 8.02. The molecule has 0 amide bonds. The van der Waals surface area contributed by atoms with Gasteiger partial charge in [0.15, 0.2) is 0 Å². The fourth-order valence-electron chi connectivity index (χ4n) is 2.51. The van der Waals surface area contributed by atoms with Gasteiger partial charge in [-0.1, -0.05) is 50.2 Å². The molecule has 0 unspecified atom stereocenters. The predicted molar refractivity (Wildman–Crippen MR) is 90.4 cm³/mol. The third-order valence-corrected chi connectivity index (χ3v) is 3.81. The zero-order valence-electron chi connectivity index (χ0n) is 13.6. The molecule has 22 heavy (non-hydrogen) atoms. The number of aliphatic hydroxyl groups is 1. The van der Waals surface area contributed by atoms with E-state index in [4.69, 9.17) is 0 Å². The Balaban J connectivity index is 2.05. The van der Waals surface area contributed by atoms with Crippen molar-refractivity contribution >= 4 is 0 Å². The molecular formula is C19H26N2O. The van der Waals surface area contributed by atoms with E-state index >= 15 is 0 Å². The lowest BCUT2D eigenvalue weighted by Crippen LogP contribution is -2.29. The zero-order valence-corrected chi connectivity index (χ0v) is 13.6. The summed E-state index contributed by atoms with van der Waals surface area (Å²) in [6.07, 6.45) is 2.98. The molecular weight excluding hydrogens is 272 g/mol. The van der Waals surface area contributed by atoms with Crippen molar-refractivity contribution in [3.63, 3.8) is 0 Å². The zero-order chi connectivity index (χ0) is 15.8. The van der Waals surface area contributed by atoms with Gasteiger partial charge in [0.2, 0.25) is 0 Å². The van der Waals surface area contributed by atoms with E-state index in [1.807, 2.05) is 12.3 Å². The first-order chi connectivity index (χ1) is 10.7. The van der Waals surface area contributed by atoms with Crippen LogP contribution in [-0.2, 0) is 19.5 Å². The maximum absolute atomic E-state index is 9.34. The minimum absolute atomic E-state index is 0.216. The van der Waals surface area contributed by atoms with Crippen LogP contribution in [0.4, 0.5) is 0 Å². The molecule has 1 aromatic heterocycles. The number of hydrogen-bond acceptors (Lipinski definition) is 3. The Hall–Kier alpha value is -1.71. The van der Waals surface area contributed by atoms with E-state index in [9.17, 15) is 5.11 Å². The van der Waals surface area contributed by atoms with E-state index in [1.165, 1.54) is 11.1 Å². The molecule has 118 valence electrons. The highest BCUT2D eigenvalue weighted by molar-refractivity contribution is 5.16. The summed E-state index contributed by atoms with van der Waals surface area (Å²) in [7, 11) is 0. The Labute approximate surface area is 133 Å². The Kier molecular flexibility index (Phi) is 6.56. The third kappa shape index (κ3) is 5.24. The highest BCUT2D eigenvalue weighted by Crippen LogP contribution is 2.12. The number of benzene rings is 1. The smallest absolute Gasteiger partial charge is 0.0544 e. The second-order valence-electron chi connectivity index (χ2n) is 5.95. The van der Waals surface area contributed by atoms with Crippen molar-refractivity contribution in [1.82, 2.24) is 9.88 Å². The van der Waals surface area contributed by atoms with Crippen molar-refractivity contribution in [2.45, 2.75) is 33.4 Å². The van der Waals surface area contributed by atoms with Crippen LogP contribution in [0.5, 0.6) is 0 Å². The van der Waals surface area contributed by atoms with E-state index in [1.54, 1.807) is 0 Å². The summed E-state index contributed by atoms with van der Waals surface area (Å²) in [4.78, 5) is 6.91. The summed E-state index contributed by atoms with van der Waals surface area (Å²) in [5.74, 6) is 0.263. The summed E-state index contributed by atoms with van der Waals surface area (Å²) >= 11 is 0. The third-order valence-electron chi connectivity index (χ3n) is 3.81.